The second-order valence-electron chi connectivity index (χ2n) is 7.30. The normalized spacial score (nSPS) is 18.7. The van der Waals surface area contributed by atoms with E-state index in [0.717, 1.165) is 12.0 Å². The van der Waals surface area contributed by atoms with E-state index in [0.29, 0.717) is 31.3 Å². The number of amides is 2. The molecule has 1 fully saturated rings. The molecule has 1 aromatic heterocycles. The summed E-state index contributed by atoms with van der Waals surface area (Å²) in [4.78, 5) is 18.8. The Morgan fingerprint density at radius 3 is 2.55 bits per heavy atom. The summed E-state index contributed by atoms with van der Waals surface area (Å²) >= 11 is 0. The molecule has 6 nitrogen and oxygen atoms in total. The van der Waals surface area contributed by atoms with Crippen molar-refractivity contribution in [2.24, 2.45) is 5.92 Å². The zero-order chi connectivity index (χ0) is 20.1. The average Bonchev–Trinajstić information content (AvgIpc) is 3.42. The molecule has 4 rings (SSSR count). The number of likely N-dealkylation sites (tertiary alicyclic amines) is 1. The highest BCUT2D eigenvalue weighted by Crippen LogP contribution is 2.32. The van der Waals surface area contributed by atoms with Gasteiger partial charge >= 0.3 is 6.03 Å². The summed E-state index contributed by atoms with van der Waals surface area (Å²) in [7, 11) is 0. The van der Waals surface area contributed by atoms with Crippen LogP contribution in [0.1, 0.15) is 17.3 Å². The lowest BCUT2D eigenvalue weighted by molar-refractivity contribution is 0.206. The first-order chi connectivity index (χ1) is 14.2. The van der Waals surface area contributed by atoms with E-state index in [-0.39, 0.29) is 17.9 Å². The number of rotatable bonds is 6. The molecule has 0 aliphatic carbocycles. The number of hydrogen-bond donors (Lipinski definition) is 2. The Kier molecular flexibility index (Phi) is 5.84. The summed E-state index contributed by atoms with van der Waals surface area (Å²) in [5, 5.41) is 10.2. The van der Waals surface area contributed by atoms with Gasteiger partial charge in [0.2, 0.25) is 0 Å². The first kappa shape index (κ1) is 19.1. The third-order valence-corrected chi connectivity index (χ3v) is 5.35. The van der Waals surface area contributed by atoms with Crippen LogP contribution >= 0.6 is 0 Å². The van der Waals surface area contributed by atoms with E-state index < -0.39 is 6.67 Å². The minimum atomic E-state index is -0.500. The largest absolute Gasteiger partial charge is 0.338 e. The molecule has 1 saturated heterocycles. The van der Waals surface area contributed by atoms with E-state index in [4.69, 9.17) is 0 Å². The third-order valence-electron chi connectivity index (χ3n) is 5.35. The molecule has 1 aliphatic rings. The van der Waals surface area contributed by atoms with Gasteiger partial charge in [-0.05, 0) is 12.0 Å². The topological polar surface area (TPSA) is 73.9 Å². The number of carbonyl (C=O) groups excluding carboxylic acids is 1. The molecule has 2 amide bonds. The zero-order valence-corrected chi connectivity index (χ0v) is 16.1. The molecule has 150 valence electrons. The van der Waals surface area contributed by atoms with Gasteiger partial charge < -0.3 is 10.2 Å². The fraction of sp³-hybridized carbons (Fsp3) is 0.318. The third kappa shape index (κ3) is 4.45. The summed E-state index contributed by atoms with van der Waals surface area (Å²) in [6.45, 7) is 0.847. The number of carbonyl (C=O) groups is 1. The molecule has 0 saturated carbocycles. The van der Waals surface area contributed by atoms with Gasteiger partial charge in [0.15, 0.2) is 5.82 Å². The molecule has 2 heterocycles. The van der Waals surface area contributed by atoms with E-state index in [2.05, 4.69) is 20.5 Å². The highest BCUT2D eigenvalue weighted by Gasteiger charge is 2.38. The van der Waals surface area contributed by atoms with Crippen molar-refractivity contribution in [1.82, 2.24) is 25.4 Å². The van der Waals surface area contributed by atoms with Crippen molar-refractivity contribution in [1.29, 1.82) is 0 Å². The SMILES string of the molecule is O=C(NCCc1ccccc1)N1C[C@@H](CF)[C@H](c2nc(-c3ccccc3)n[nH]2)C1. The zero-order valence-electron chi connectivity index (χ0n) is 16.1. The number of H-pyrrole nitrogens is 1. The molecule has 29 heavy (non-hydrogen) atoms. The summed E-state index contributed by atoms with van der Waals surface area (Å²) in [6.07, 6.45) is 0.763. The molecule has 0 spiro atoms. The van der Waals surface area contributed by atoms with Crippen LogP contribution < -0.4 is 5.32 Å². The van der Waals surface area contributed by atoms with Gasteiger partial charge in [0, 0.05) is 37.0 Å². The van der Waals surface area contributed by atoms with Crippen molar-refractivity contribution in [3.63, 3.8) is 0 Å². The highest BCUT2D eigenvalue weighted by atomic mass is 19.1. The second kappa shape index (κ2) is 8.86. The maximum absolute atomic E-state index is 13.7. The fourth-order valence-electron chi connectivity index (χ4n) is 3.73. The van der Waals surface area contributed by atoms with Crippen molar-refractivity contribution < 1.29 is 9.18 Å². The van der Waals surface area contributed by atoms with Crippen LogP contribution in [0, 0.1) is 5.92 Å². The lowest BCUT2D eigenvalue weighted by Crippen LogP contribution is -2.39. The lowest BCUT2D eigenvalue weighted by atomic mass is 9.97. The van der Waals surface area contributed by atoms with Crippen LogP contribution in [-0.4, -0.2) is 52.4 Å². The van der Waals surface area contributed by atoms with Crippen molar-refractivity contribution in [2.75, 3.05) is 26.3 Å². The van der Waals surface area contributed by atoms with Crippen molar-refractivity contribution in [3.8, 4) is 11.4 Å². The van der Waals surface area contributed by atoms with Crippen molar-refractivity contribution in [3.05, 3.63) is 72.1 Å². The standard InChI is InChI=1S/C22H24FN5O/c23-13-18-14-28(22(29)24-12-11-16-7-3-1-4-8-16)15-19(18)21-25-20(26-27-21)17-9-5-2-6-10-17/h1-10,18-19H,11-15H2,(H,24,29)(H,25,26,27)/t18-,19-/m1/s1. The number of hydrogen-bond acceptors (Lipinski definition) is 3. The number of halogens is 1. The predicted molar refractivity (Wildman–Crippen MR) is 109 cm³/mol. The summed E-state index contributed by atoms with van der Waals surface area (Å²) in [5.41, 5.74) is 2.07. The molecule has 3 aromatic rings. The monoisotopic (exact) mass is 393 g/mol. The van der Waals surface area contributed by atoms with E-state index in [1.54, 1.807) is 4.90 Å². The minimum Gasteiger partial charge on any atom is -0.338 e. The molecular weight excluding hydrogens is 369 g/mol. The van der Waals surface area contributed by atoms with E-state index in [9.17, 15) is 9.18 Å². The predicted octanol–water partition coefficient (Wildman–Crippen LogP) is 3.41. The number of aromatic nitrogens is 3. The maximum atomic E-state index is 13.7. The molecule has 0 unspecified atom stereocenters. The Morgan fingerprint density at radius 2 is 1.83 bits per heavy atom. The first-order valence-electron chi connectivity index (χ1n) is 9.85. The van der Waals surface area contributed by atoms with Gasteiger partial charge in [0.25, 0.3) is 0 Å². The first-order valence-corrected chi connectivity index (χ1v) is 9.85. The Morgan fingerprint density at radius 1 is 1.10 bits per heavy atom. The average molecular weight is 393 g/mol. The Labute approximate surface area is 169 Å². The van der Waals surface area contributed by atoms with Crippen LogP contribution in [0.2, 0.25) is 0 Å². The summed E-state index contributed by atoms with van der Waals surface area (Å²) < 4.78 is 13.7. The van der Waals surface area contributed by atoms with Crippen molar-refractivity contribution >= 4 is 6.03 Å². The quantitative estimate of drug-likeness (QED) is 0.674. The fourth-order valence-corrected chi connectivity index (χ4v) is 3.73. The van der Waals surface area contributed by atoms with Crippen LogP contribution in [0.5, 0.6) is 0 Å². The van der Waals surface area contributed by atoms with Gasteiger partial charge in [-0.25, -0.2) is 9.78 Å². The molecule has 2 atom stereocenters. The van der Waals surface area contributed by atoms with Gasteiger partial charge in [-0.1, -0.05) is 60.7 Å². The molecule has 2 N–H and O–H groups in total. The number of aromatic amines is 1. The molecular formula is C22H24FN5O. The van der Waals surface area contributed by atoms with Gasteiger partial charge in [0.1, 0.15) is 5.82 Å². The Hall–Kier alpha value is -3.22. The van der Waals surface area contributed by atoms with Gasteiger partial charge in [-0.3, -0.25) is 9.49 Å². The van der Waals surface area contributed by atoms with Crippen LogP contribution in [0.25, 0.3) is 11.4 Å². The van der Waals surface area contributed by atoms with E-state index in [1.165, 1.54) is 5.56 Å². The van der Waals surface area contributed by atoms with Gasteiger partial charge in [-0.15, -0.1) is 0 Å². The van der Waals surface area contributed by atoms with E-state index in [1.807, 2.05) is 60.7 Å². The van der Waals surface area contributed by atoms with Gasteiger partial charge in [0.05, 0.1) is 6.67 Å². The Bertz CT molecular complexity index is 931. The van der Waals surface area contributed by atoms with Crippen molar-refractivity contribution in [2.45, 2.75) is 12.3 Å². The number of benzene rings is 2. The number of nitrogens with zero attached hydrogens (tertiary/aromatic N) is 3. The molecule has 2 aromatic carbocycles. The number of urea groups is 1. The van der Waals surface area contributed by atoms with Crippen LogP contribution in [0.4, 0.5) is 9.18 Å². The lowest BCUT2D eigenvalue weighted by Gasteiger charge is -2.17. The Balaban J connectivity index is 1.37. The van der Waals surface area contributed by atoms with Crippen LogP contribution in [-0.2, 0) is 6.42 Å². The van der Waals surface area contributed by atoms with E-state index >= 15 is 0 Å². The number of alkyl halides is 1. The highest BCUT2D eigenvalue weighted by molar-refractivity contribution is 5.74. The van der Waals surface area contributed by atoms with Crippen LogP contribution in [0.3, 0.4) is 0 Å². The molecule has 7 heteroatoms. The smallest absolute Gasteiger partial charge is 0.317 e. The molecule has 0 radical (unpaired) electrons. The van der Waals surface area contributed by atoms with Crippen LogP contribution in [0.15, 0.2) is 60.7 Å². The molecule has 0 bridgehead atoms. The summed E-state index contributed by atoms with van der Waals surface area (Å²) in [5.74, 6) is 0.742. The van der Waals surface area contributed by atoms with Gasteiger partial charge in [-0.2, -0.15) is 5.10 Å². The summed E-state index contributed by atoms with van der Waals surface area (Å²) in [6, 6.07) is 19.5. The second-order valence-corrected chi connectivity index (χ2v) is 7.30. The molecule has 1 aliphatic heterocycles. The minimum absolute atomic E-state index is 0.162. The number of nitrogens with one attached hydrogen (secondary N) is 2. The maximum Gasteiger partial charge on any atom is 0.317 e.